The lowest BCUT2D eigenvalue weighted by molar-refractivity contribution is 0.573. The molecule has 2 aromatic rings. The molecule has 0 aliphatic carbocycles. The van der Waals surface area contributed by atoms with Gasteiger partial charge in [-0.1, -0.05) is 47.8 Å². The number of nitrogens with one attached hydrogen (secondary N) is 1. The third-order valence-corrected chi connectivity index (χ3v) is 5.49. The first kappa shape index (κ1) is 16.1. The molecule has 0 saturated heterocycles. The maximum atomic E-state index is 6.23. The van der Waals surface area contributed by atoms with Crippen LogP contribution in [0.2, 0.25) is 15.1 Å². The van der Waals surface area contributed by atoms with E-state index in [4.69, 9.17) is 34.8 Å². The molecule has 1 heterocycles. The van der Waals surface area contributed by atoms with Crippen LogP contribution in [0.25, 0.3) is 0 Å². The van der Waals surface area contributed by atoms with Gasteiger partial charge in [0.2, 0.25) is 0 Å². The van der Waals surface area contributed by atoms with Crippen LogP contribution in [0.5, 0.6) is 0 Å². The first-order chi connectivity index (χ1) is 9.52. The zero-order valence-electron chi connectivity index (χ0n) is 11.2. The van der Waals surface area contributed by atoms with E-state index in [0.29, 0.717) is 21.6 Å². The molecule has 1 aromatic heterocycles. The van der Waals surface area contributed by atoms with Crippen LogP contribution in [0.4, 0.5) is 0 Å². The van der Waals surface area contributed by atoms with E-state index in [9.17, 15) is 0 Å². The summed E-state index contributed by atoms with van der Waals surface area (Å²) in [5.41, 5.74) is 0.938. The Morgan fingerprint density at radius 3 is 2.65 bits per heavy atom. The van der Waals surface area contributed by atoms with Crippen molar-refractivity contribution in [3.63, 3.8) is 0 Å². The quantitative estimate of drug-likeness (QED) is 0.719. The number of hydrogen-bond donors (Lipinski definition) is 1. The number of hydrogen-bond acceptors (Lipinski definition) is 3. The molecule has 0 spiro atoms. The fourth-order valence-corrected chi connectivity index (χ4v) is 3.34. The molecule has 0 amide bonds. The number of halogens is 3. The van der Waals surface area contributed by atoms with Gasteiger partial charge in [-0.25, -0.2) is 4.98 Å². The lowest BCUT2D eigenvalue weighted by Gasteiger charge is -2.16. The maximum absolute atomic E-state index is 6.23. The van der Waals surface area contributed by atoms with Crippen LogP contribution in [0.1, 0.15) is 35.3 Å². The standard InChI is InChI=1S/C14H15Cl3N2S/c1-3-9-6-19-12(20-9)7-18-8(2)10-4-5-11(15)14(17)13(10)16/h4-6,8,18H,3,7H2,1-2H3. The maximum Gasteiger partial charge on any atom is 0.107 e. The molecule has 2 rings (SSSR count). The monoisotopic (exact) mass is 348 g/mol. The molecule has 0 radical (unpaired) electrons. The molecule has 1 unspecified atom stereocenters. The van der Waals surface area contributed by atoms with Crippen LogP contribution in [0.15, 0.2) is 18.3 Å². The number of benzene rings is 1. The highest BCUT2D eigenvalue weighted by Crippen LogP contribution is 2.35. The summed E-state index contributed by atoms with van der Waals surface area (Å²) in [6, 6.07) is 3.74. The van der Waals surface area contributed by atoms with Crippen LogP contribution >= 0.6 is 46.1 Å². The predicted molar refractivity (Wildman–Crippen MR) is 88.2 cm³/mol. The van der Waals surface area contributed by atoms with Gasteiger partial charge in [-0.2, -0.15) is 0 Å². The summed E-state index contributed by atoms with van der Waals surface area (Å²) in [5.74, 6) is 0. The van der Waals surface area contributed by atoms with Crippen LogP contribution in [0.3, 0.4) is 0 Å². The van der Waals surface area contributed by atoms with Crippen molar-refractivity contribution >= 4 is 46.1 Å². The van der Waals surface area contributed by atoms with E-state index in [1.165, 1.54) is 4.88 Å². The molecule has 0 aliphatic rings. The third kappa shape index (κ3) is 3.66. The Hall–Kier alpha value is -0.320. The van der Waals surface area contributed by atoms with Crippen LogP contribution in [-0.4, -0.2) is 4.98 Å². The highest BCUT2D eigenvalue weighted by Gasteiger charge is 2.14. The Morgan fingerprint density at radius 2 is 2.00 bits per heavy atom. The number of thiazole rings is 1. The number of rotatable bonds is 5. The first-order valence-corrected chi connectivity index (χ1v) is 8.28. The van der Waals surface area contributed by atoms with Gasteiger partial charge < -0.3 is 5.32 Å². The van der Waals surface area contributed by atoms with Crippen molar-refractivity contribution in [2.75, 3.05) is 0 Å². The van der Waals surface area contributed by atoms with Gasteiger partial charge in [0.1, 0.15) is 5.01 Å². The molecule has 1 N–H and O–H groups in total. The molecule has 0 fully saturated rings. The zero-order valence-corrected chi connectivity index (χ0v) is 14.3. The van der Waals surface area contributed by atoms with E-state index >= 15 is 0 Å². The third-order valence-electron chi connectivity index (χ3n) is 3.04. The summed E-state index contributed by atoms with van der Waals surface area (Å²) in [4.78, 5) is 5.68. The van der Waals surface area contributed by atoms with Crippen molar-refractivity contribution in [1.29, 1.82) is 0 Å². The second kappa shape index (κ2) is 7.10. The topological polar surface area (TPSA) is 24.9 Å². The Labute approximate surface area is 138 Å². The summed E-state index contributed by atoms with van der Waals surface area (Å²) in [6.07, 6.45) is 2.95. The van der Waals surface area contributed by atoms with E-state index in [-0.39, 0.29) is 6.04 Å². The minimum atomic E-state index is 0.0752. The second-order valence-electron chi connectivity index (χ2n) is 4.44. The summed E-state index contributed by atoms with van der Waals surface area (Å²) >= 11 is 20.0. The SMILES string of the molecule is CCc1cnc(CNC(C)c2ccc(Cl)c(Cl)c2Cl)s1. The van der Waals surface area contributed by atoms with E-state index in [1.807, 2.05) is 19.2 Å². The van der Waals surface area contributed by atoms with Crippen molar-refractivity contribution in [2.24, 2.45) is 0 Å². The van der Waals surface area contributed by atoms with Crippen molar-refractivity contribution < 1.29 is 0 Å². The molecule has 20 heavy (non-hydrogen) atoms. The van der Waals surface area contributed by atoms with Gasteiger partial charge in [-0.15, -0.1) is 11.3 Å². The normalized spacial score (nSPS) is 12.7. The number of aromatic nitrogens is 1. The van der Waals surface area contributed by atoms with E-state index in [2.05, 4.69) is 17.2 Å². The Kier molecular flexibility index (Phi) is 5.70. The van der Waals surface area contributed by atoms with Crippen molar-refractivity contribution in [3.8, 4) is 0 Å². The largest absolute Gasteiger partial charge is 0.304 e. The van der Waals surface area contributed by atoms with E-state index < -0.39 is 0 Å². The van der Waals surface area contributed by atoms with Crippen LogP contribution in [0, 0.1) is 0 Å². The number of aryl methyl sites for hydroxylation is 1. The van der Waals surface area contributed by atoms with Gasteiger partial charge in [0.15, 0.2) is 0 Å². The fraction of sp³-hybridized carbons (Fsp3) is 0.357. The minimum Gasteiger partial charge on any atom is -0.304 e. The van der Waals surface area contributed by atoms with Crippen molar-refractivity contribution in [1.82, 2.24) is 10.3 Å². The average Bonchev–Trinajstić information content (AvgIpc) is 2.90. The van der Waals surface area contributed by atoms with Gasteiger partial charge in [0.05, 0.1) is 15.1 Å². The molecule has 2 nitrogen and oxygen atoms in total. The predicted octanol–water partition coefficient (Wildman–Crippen LogP) is 5.52. The number of nitrogens with zero attached hydrogens (tertiary/aromatic N) is 1. The fourth-order valence-electron chi connectivity index (χ4n) is 1.82. The van der Waals surface area contributed by atoms with E-state index in [1.54, 1.807) is 17.4 Å². The summed E-state index contributed by atoms with van der Waals surface area (Å²) in [6.45, 7) is 4.88. The van der Waals surface area contributed by atoms with E-state index in [0.717, 1.165) is 17.0 Å². The second-order valence-corrected chi connectivity index (χ2v) is 6.80. The average molecular weight is 350 g/mol. The Bertz CT molecular complexity index is 598. The summed E-state index contributed by atoms with van der Waals surface area (Å²) in [7, 11) is 0. The summed E-state index contributed by atoms with van der Waals surface area (Å²) < 4.78 is 0. The van der Waals surface area contributed by atoms with Crippen LogP contribution in [-0.2, 0) is 13.0 Å². The van der Waals surface area contributed by atoms with Crippen molar-refractivity contribution in [2.45, 2.75) is 32.9 Å². The highest BCUT2D eigenvalue weighted by molar-refractivity contribution is 7.11. The van der Waals surface area contributed by atoms with Gasteiger partial charge in [-0.05, 0) is 25.0 Å². The molecule has 0 aliphatic heterocycles. The van der Waals surface area contributed by atoms with Crippen LogP contribution < -0.4 is 5.32 Å². The Balaban J connectivity index is 2.05. The van der Waals surface area contributed by atoms with Gasteiger partial charge in [0.25, 0.3) is 0 Å². The molecule has 0 saturated carbocycles. The highest BCUT2D eigenvalue weighted by atomic mass is 35.5. The van der Waals surface area contributed by atoms with Gasteiger partial charge in [0, 0.05) is 23.7 Å². The molecule has 108 valence electrons. The zero-order chi connectivity index (χ0) is 14.7. The van der Waals surface area contributed by atoms with Gasteiger partial charge >= 0.3 is 0 Å². The Morgan fingerprint density at radius 1 is 1.25 bits per heavy atom. The first-order valence-electron chi connectivity index (χ1n) is 6.33. The lowest BCUT2D eigenvalue weighted by atomic mass is 10.1. The molecule has 1 atom stereocenters. The minimum absolute atomic E-state index is 0.0752. The smallest absolute Gasteiger partial charge is 0.107 e. The molecule has 1 aromatic carbocycles. The molecular formula is C14H15Cl3N2S. The molecular weight excluding hydrogens is 335 g/mol. The lowest BCUT2D eigenvalue weighted by Crippen LogP contribution is -2.18. The molecule has 0 bridgehead atoms. The summed E-state index contributed by atoms with van der Waals surface area (Å²) in [5, 5.41) is 5.86. The van der Waals surface area contributed by atoms with Crippen molar-refractivity contribution in [3.05, 3.63) is 48.8 Å². The van der Waals surface area contributed by atoms with Gasteiger partial charge in [-0.3, -0.25) is 0 Å². The molecule has 6 heteroatoms.